The normalized spacial score (nSPS) is 11.3. The predicted molar refractivity (Wildman–Crippen MR) is 162 cm³/mol. The highest BCUT2D eigenvalue weighted by molar-refractivity contribution is 5.92. The molecule has 0 bridgehead atoms. The smallest absolute Gasteiger partial charge is 0.335 e. The quantitative estimate of drug-likeness (QED) is 0.199. The Bertz CT molecular complexity index is 2010. The lowest BCUT2D eigenvalue weighted by Gasteiger charge is -2.12. The minimum atomic E-state index is -1.07. The molecular weight excluding hydrogens is 582 g/mol. The Labute approximate surface area is 256 Å². The number of aromatic carboxylic acids is 1. The molecule has 228 valence electrons. The van der Waals surface area contributed by atoms with Crippen molar-refractivity contribution in [1.29, 1.82) is 0 Å². The third-order valence-corrected chi connectivity index (χ3v) is 7.29. The van der Waals surface area contributed by atoms with E-state index in [0.717, 1.165) is 29.0 Å². The number of carboxylic acid groups (broad SMARTS) is 1. The van der Waals surface area contributed by atoms with Crippen molar-refractivity contribution < 1.29 is 28.2 Å². The van der Waals surface area contributed by atoms with Gasteiger partial charge in [0.15, 0.2) is 0 Å². The zero-order valence-electron chi connectivity index (χ0n) is 24.4. The van der Waals surface area contributed by atoms with Crippen LogP contribution in [0, 0.1) is 11.6 Å². The van der Waals surface area contributed by atoms with Gasteiger partial charge >= 0.3 is 5.97 Å². The van der Waals surface area contributed by atoms with Crippen LogP contribution in [-0.2, 0) is 31.4 Å². The maximum atomic E-state index is 15.5. The number of aromatic nitrogens is 6. The maximum absolute atomic E-state index is 15.5. The Kier molecular flexibility index (Phi) is 8.30. The summed E-state index contributed by atoms with van der Waals surface area (Å²) in [7, 11) is 3.38. The summed E-state index contributed by atoms with van der Waals surface area (Å²) in [5.41, 5.74) is 4.02. The molecule has 12 heteroatoms. The maximum Gasteiger partial charge on any atom is 0.335 e. The van der Waals surface area contributed by atoms with Gasteiger partial charge in [0.1, 0.15) is 24.1 Å². The van der Waals surface area contributed by atoms with Crippen molar-refractivity contribution in [3.05, 3.63) is 113 Å². The third-order valence-electron chi connectivity index (χ3n) is 7.29. The van der Waals surface area contributed by atoms with E-state index in [9.17, 15) is 9.90 Å². The van der Waals surface area contributed by atoms with Gasteiger partial charge in [-0.05, 0) is 48.0 Å². The molecule has 1 N–H and O–H groups in total. The molecule has 6 aromatic rings. The number of halogens is 2. The van der Waals surface area contributed by atoms with E-state index in [-0.39, 0.29) is 41.3 Å². The molecule has 0 spiro atoms. The fraction of sp³-hybridized carbons (Fsp3) is 0.182. The number of ether oxygens (including phenoxy) is 2. The van der Waals surface area contributed by atoms with E-state index in [1.54, 1.807) is 53.0 Å². The summed E-state index contributed by atoms with van der Waals surface area (Å²) in [5, 5.41) is 13.6. The van der Waals surface area contributed by atoms with Gasteiger partial charge in [-0.1, -0.05) is 12.1 Å². The van der Waals surface area contributed by atoms with Gasteiger partial charge < -0.3 is 19.1 Å². The van der Waals surface area contributed by atoms with Crippen LogP contribution in [-0.4, -0.2) is 54.1 Å². The standard InChI is InChI=1S/C33H28F2N6O4/c1-40-18-23(17-37-40)27-8-6-20(16-36-27)19-45-32-5-3-4-28(39-32)24-15-25(34)22(12-26(24)35)14-31-38-29-9-7-21(33(42)43)13-30(29)41(31)10-11-44-2/h3-9,12-13,15-18H,10-11,14,19H2,1-2H3,(H,42,43). The highest BCUT2D eigenvalue weighted by Gasteiger charge is 2.18. The molecule has 0 aliphatic heterocycles. The molecular formula is C33H28F2N6O4. The van der Waals surface area contributed by atoms with Gasteiger partial charge in [0.05, 0.1) is 40.8 Å². The lowest BCUT2D eigenvalue weighted by molar-refractivity contribution is 0.0697. The van der Waals surface area contributed by atoms with Crippen molar-refractivity contribution in [2.24, 2.45) is 7.05 Å². The number of carboxylic acids is 1. The van der Waals surface area contributed by atoms with Crippen molar-refractivity contribution in [1.82, 2.24) is 29.3 Å². The molecule has 0 aliphatic carbocycles. The zero-order valence-corrected chi connectivity index (χ0v) is 24.4. The van der Waals surface area contributed by atoms with Crippen molar-refractivity contribution in [3.8, 4) is 28.4 Å². The fourth-order valence-electron chi connectivity index (χ4n) is 5.00. The van der Waals surface area contributed by atoms with Gasteiger partial charge in [0.25, 0.3) is 0 Å². The second kappa shape index (κ2) is 12.6. The minimum Gasteiger partial charge on any atom is -0.478 e. The van der Waals surface area contributed by atoms with Crippen LogP contribution in [0.15, 0.2) is 79.3 Å². The van der Waals surface area contributed by atoms with E-state index in [1.807, 2.05) is 25.4 Å². The number of hydrogen-bond acceptors (Lipinski definition) is 7. The molecule has 0 saturated heterocycles. The summed E-state index contributed by atoms with van der Waals surface area (Å²) in [6, 6.07) is 15.5. The summed E-state index contributed by atoms with van der Waals surface area (Å²) in [6.45, 7) is 0.864. The zero-order chi connectivity index (χ0) is 31.5. The number of methoxy groups -OCH3 is 1. The molecule has 6 rings (SSSR count). The van der Waals surface area contributed by atoms with Crippen LogP contribution in [0.4, 0.5) is 8.78 Å². The highest BCUT2D eigenvalue weighted by Crippen LogP contribution is 2.28. The van der Waals surface area contributed by atoms with E-state index >= 15 is 8.78 Å². The van der Waals surface area contributed by atoms with Crippen LogP contribution in [0.2, 0.25) is 0 Å². The van der Waals surface area contributed by atoms with E-state index in [4.69, 9.17) is 9.47 Å². The Hall–Kier alpha value is -5.49. The topological polar surface area (TPSA) is 117 Å². The van der Waals surface area contributed by atoms with E-state index in [1.165, 1.54) is 12.1 Å². The van der Waals surface area contributed by atoms with Crippen molar-refractivity contribution in [2.75, 3.05) is 13.7 Å². The average Bonchev–Trinajstić information content (AvgIpc) is 3.63. The number of fused-ring (bicyclic) bond motifs is 1. The number of rotatable bonds is 11. The molecule has 45 heavy (non-hydrogen) atoms. The van der Waals surface area contributed by atoms with E-state index in [0.29, 0.717) is 30.0 Å². The van der Waals surface area contributed by atoms with Crippen molar-refractivity contribution >= 4 is 17.0 Å². The Morgan fingerprint density at radius 1 is 0.978 bits per heavy atom. The number of hydrogen-bond donors (Lipinski definition) is 1. The second-order valence-electron chi connectivity index (χ2n) is 10.4. The Morgan fingerprint density at radius 3 is 2.58 bits per heavy atom. The fourth-order valence-corrected chi connectivity index (χ4v) is 5.00. The number of carbonyl (C=O) groups is 1. The first-order valence-electron chi connectivity index (χ1n) is 14.0. The average molecular weight is 611 g/mol. The monoisotopic (exact) mass is 610 g/mol. The van der Waals surface area contributed by atoms with E-state index < -0.39 is 17.6 Å². The number of imidazole rings is 1. The number of pyridine rings is 2. The first-order valence-corrected chi connectivity index (χ1v) is 14.0. The summed E-state index contributed by atoms with van der Waals surface area (Å²) >= 11 is 0. The van der Waals surface area contributed by atoms with Gasteiger partial charge in [0, 0.05) is 62.3 Å². The summed E-state index contributed by atoms with van der Waals surface area (Å²) in [5.74, 6) is -1.65. The Morgan fingerprint density at radius 2 is 1.84 bits per heavy atom. The summed E-state index contributed by atoms with van der Waals surface area (Å²) in [4.78, 5) is 25.0. The van der Waals surface area contributed by atoms with Crippen LogP contribution in [0.25, 0.3) is 33.5 Å². The largest absolute Gasteiger partial charge is 0.478 e. The van der Waals surface area contributed by atoms with Crippen LogP contribution < -0.4 is 4.74 Å². The van der Waals surface area contributed by atoms with Crippen LogP contribution >= 0.6 is 0 Å². The first kappa shape index (κ1) is 29.6. The lowest BCUT2D eigenvalue weighted by atomic mass is 10.0. The predicted octanol–water partition coefficient (Wildman–Crippen LogP) is 5.69. The number of nitrogens with zero attached hydrogens (tertiary/aromatic N) is 6. The summed E-state index contributed by atoms with van der Waals surface area (Å²) < 4.78 is 45.4. The molecule has 2 aromatic carbocycles. The minimum absolute atomic E-state index is 0.0109. The molecule has 0 amide bonds. The third kappa shape index (κ3) is 6.41. The van der Waals surface area contributed by atoms with Gasteiger partial charge in [-0.3, -0.25) is 9.67 Å². The lowest BCUT2D eigenvalue weighted by Crippen LogP contribution is -2.10. The molecule has 0 radical (unpaired) electrons. The van der Waals surface area contributed by atoms with Gasteiger partial charge in [0.2, 0.25) is 5.88 Å². The Balaban J connectivity index is 1.20. The highest BCUT2D eigenvalue weighted by atomic mass is 19.1. The molecule has 0 saturated carbocycles. The first-order chi connectivity index (χ1) is 21.8. The molecule has 10 nitrogen and oxygen atoms in total. The molecule has 0 aliphatic rings. The molecule has 0 fully saturated rings. The molecule has 0 unspecified atom stereocenters. The van der Waals surface area contributed by atoms with Gasteiger partial charge in [-0.25, -0.2) is 23.5 Å². The number of benzene rings is 2. The van der Waals surface area contributed by atoms with Gasteiger partial charge in [-0.15, -0.1) is 0 Å². The molecule has 4 heterocycles. The number of aryl methyl sites for hydroxylation is 1. The van der Waals surface area contributed by atoms with Crippen LogP contribution in [0.5, 0.6) is 5.88 Å². The second-order valence-corrected chi connectivity index (χ2v) is 10.4. The molecule has 0 atom stereocenters. The SMILES string of the molecule is COCCn1c(Cc2cc(F)c(-c3cccc(OCc4ccc(-c5cnn(C)c5)nc4)n3)cc2F)nc2ccc(C(=O)O)cc21. The van der Waals surface area contributed by atoms with Crippen molar-refractivity contribution in [3.63, 3.8) is 0 Å². The van der Waals surface area contributed by atoms with E-state index in [2.05, 4.69) is 20.1 Å². The van der Waals surface area contributed by atoms with Crippen molar-refractivity contribution in [2.45, 2.75) is 19.6 Å². The van der Waals surface area contributed by atoms with Crippen LogP contribution in [0.1, 0.15) is 27.3 Å². The van der Waals surface area contributed by atoms with Crippen LogP contribution in [0.3, 0.4) is 0 Å². The summed E-state index contributed by atoms with van der Waals surface area (Å²) in [6.07, 6.45) is 5.30. The molecule has 4 aromatic heterocycles. The van der Waals surface area contributed by atoms with Gasteiger partial charge in [-0.2, -0.15) is 5.10 Å².